The van der Waals surface area contributed by atoms with E-state index in [9.17, 15) is 4.79 Å². The standard InChI is InChI=1S/C20H20N4OS2/c1-12-16(27-18(21-12)15-10-7-11-26-15)17(25)23-19-22-13-8-5-6-9-14(13)24(19)20(2,3)4/h5-11H,1-4H3,(H,22,23,25). The maximum Gasteiger partial charge on any atom is 0.269 e. The lowest BCUT2D eigenvalue weighted by molar-refractivity contribution is 0.102. The van der Waals surface area contributed by atoms with Gasteiger partial charge in [0.15, 0.2) is 0 Å². The predicted molar refractivity (Wildman–Crippen MR) is 113 cm³/mol. The van der Waals surface area contributed by atoms with Gasteiger partial charge in [-0.3, -0.25) is 10.1 Å². The molecule has 0 unspecified atom stereocenters. The van der Waals surface area contributed by atoms with Gasteiger partial charge in [0.2, 0.25) is 5.95 Å². The molecule has 5 nitrogen and oxygen atoms in total. The molecule has 0 spiro atoms. The van der Waals surface area contributed by atoms with Gasteiger partial charge < -0.3 is 4.57 Å². The number of amides is 1. The van der Waals surface area contributed by atoms with Crippen molar-refractivity contribution in [3.8, 4) is 9.88 Å². The van der Waals surface area contributed by atoms with E-state index in [1.807, 2.05) is 48.7 Å². The summed E-state index contributed by atoms with van der Waals surface area (Å²) in [6.07, 6.45) is 0. The molecule has 7 heteroatoms. The van der Waals surface area contributed by atoms with Gasteiger partial charge in [-0.15, -0.1) is 22.7 Å². The molecule has 27 heavy (non-hydrogen) atoms. The molecular weight excluding hydrogens is 376 g/mol. The highest BCUT2D eigenvalue weighted by molar-refractivity contribution is 7.22. The van der Waals surface area contributed by atoms with Gasteiger partial charge in [-0.1, -0.05) is 18.2 Å². The van der Waals surface area contributed by atoms with E-state index in [4.69, 9.17) is 0 Å². The molecule has 0 saturated heterocycles. The molecule has 0 fully saturated rings. The average Bonchev–Trinajstić information content (AvgIpc) is 3.30. The van der Waals surface area contributed by atoms with Crippen molar-refractivity contribution in [1.29, 1.82) is 0 Å². The van der Waals surface area contributed by atoms with Gasteiger partial charge in [-0.05, 0) is 51.3 Å². The number of hydrogen-bond acceptors (Lipinski definition) is 5. The molecule has 4 rings (SSSR count). The second kappa shape index (κ2) is 6.58. The van der Waals surface area contributed by atoms with E-state index in [2.05, 4.69) is 40.6 Å². The van der Waals surface area contributed by atoms with Crippen molar-refractivity contribution in [3.63, 3.8) is 0 Å². The fraction of sp³-hybridized carbons (Fsp3) is 0.250. The highest BCUT2D eigenvalue weighted by atomic mass is 32.1. The predicted octanol–water partition coefficient (Wildman–Crippen LogP) is 5.54. The monoisotopic (exact) mass is 396 g/mol. The van der Waals surface area contributed by atoms with Gasteiger partial charge in [-0.2, -0.15) is 0 Å². The molecule has 0 aliphatic carbocycles. The first kappa shape index (κ1) is 17.9. The molecule has 0 aliphatic heterocycles. The van der Waals surface area contributed by atoms with Crippen LogP contribution >= 0.6 is 22.7 Å². The van der Waals surface area contributed by atoms with Crippen LogP contribution in [0.15, 0.2) is 41.8 Å². The molecule has 0 bridgehead atoms. The topological polar surface area (TPSA) is 59.8 Å². The first-order valence-corrected chi connectivity index (χ1v) is 10.3. The quantitative estimate of drug-likeness (QED) is 0.495. The van der Waals surface area contributed by atoms with Crippen molar-refractivity contribution in [2.75, 3.05) is 5.32 Å². The summed E-state index contributed by atoms with van der Waals surface area (Å²) in [7, 11) is 0. The Kier molecular flexibility index (Phi) is 4.36. The normalized spacial score (nSPS) is 11.9. The fourth-order valence-electron chi connectivity index (χ4n) is 3.06. The molecule has 0 aliphatic rings. The number of carbonyl (C=O) groups excluding carboxylic acids is 1. The first-order valence-electron chi connectivity index (χ1n) is 8.65. The number of rotatable bonds is 3. The van der Waals surface area contributed by atoms with Crippen LogP contribution in [0, 0.1) is 6.92 Å². The zero-order valence-electron chi connectivity index (χ0n) is 15.6. The highest BCUT2D eigenvalue weighted by Crippen LogP contribution is 2.32. The Hall–Kier alpha value is -2.51. The van der Waals surface area contributed by atoms with E-state index < -0.39 is 0 Å². The zero-order chi connectivity index (χ0) is 19.2. The molecule has 0 atom stereocenters. The van der Waals surface area contributed by atoms with Gasteiger partial charge in [0.25, 0.3) is 5.91 Å². The van der Waals surface area contributed by atoms with Crippen LogP contribution in [0.5, 0.6) is 0 Å². The van der Waals surface area contributed by atoms with E-state index in [0.717, 1.165) is 26.6 Å². The number of aryl methyl sites for hydroxylation is 1. The third-order valence-electron chi connectivity index (χ3n) is 4.19. The summed E-state index contributed by atoms with van der Waals surface area (Å²) in [5, 5.41) is 5.89. The van der Waals surface area contributed by atoms with Crippen LogP contribution in [-0.2, 0) is 5.54 Å². The molecule has 1 aromatic carbocycles. The largest absolute Gasteiger partial charge is 0.305 e. The van der Waals surface area contributed by atoms with Crippen LogP contribution in [0.4, 0.5) is 5.95 Å². The van der Waals surface area contributed by atoms with Crippen molar-refractivity contribution < 1.29 is 4.79 Å². The number of fused-ring (bicyclic) bond motifs is 1. The smallest absolute Gasteiger partial charge is 0.269 e. The van der Waals surface area contributed by atoms with Crippen molar-refractivity contribution in [2.24, 2.45) is 0 Å². The van der Waals surface area contributed by atoms with E-state index in [-0.39, 0.29) is 11.4 Å². The Morgan fingerprint density at radius 3 is 2.59 bits per heavy atom. The van der Waals surface area contributed by atoms with Crippen molar-refractivity contribution in [3.05, 3.63) is 52.3 Å². The zero-order valence-corrected chi connectivity index (χ0v) is 17.2. The summed E-state index contributed by atoms with van der Waals surface area (Å²) in [6.45, 7) is 8.17. The minimum atomic E-state index is -0.219. The molecule has 3 aromatic heterocycles. The molecule has 3 heterocycles. The molecule has 0 saturated carbocycles. The molecule has 1 N–H and O–H groups in total. The van der Waals surface area contributed by atoms with Crippen molar-refractivity contribution >= 4 is 45.6 Å². The number of para-hydroxylation sites is 2. The lowest BCUT2D eigenvalue weighted by Crippen LogP contribution is -2.25. The number of imidazole rings is 1. The number of benzene rings is 1. The molecule has 1 amide bonds. The Bertz CT molecular complexity index is 1120. The Labute approximate surface area is 165 Å². The number of aromatic nitrogens is 3. The minimum Gasteiger partial charge on any atom is -0.305 e. The summed E-state index contributed by atoms with van der Waals surface area (Å²) in [5.74, 6) is 0.382. The molecule has 0 radical (unpaired) electrons. The van der Waals surface area contributed by atoms with Gasteiger partial charge in [0.05, 0.1) is 21.6 Å². The number of thiazole rings is 1. The Morgan fingerprint density at radius 1 is 1.11 bits per heavy atom. The van der Waals surface area contributed by atoms with E-state index >= 15 is 0 Å². The second-order valence-electron chi connectivity index (χ2n) is 7.30. The van der Waals surface area contributed by atoms with E-state index in [1.165, 1.54) is 11.3 Å². The van der Waals surface area contributed by atoms with Crippen LogP contribution < -0.4 is 5.32 Å². The summed E-state index contributed by atoms with van der Waals surface area (Å²) >= 11 is 3.04. The third-order valence-corrected chi connectivity index (χ3v) is 6.39. The average molecular weight is 397 g/mol. The van der Waals surface area contributed by atoms with Gasteiger partial charge in [-0.25, -0.2) is 9.97 Å². The number of hydrogen-bond donors (Lipinski definition) is 1. The molecule has 138 valence electrons. The van der Waals surface area contributed by atoms with Crippen LogP contribution in [0.3, 0.4) is 0 Å². The number of nitrogens with one attached hydrogen (secondary N) is 1. The first-order chi connectivity index (χ1) is 12.8. The maximum absolute atomic E-state index is 13.0. The summed E-state index contributed by atoms with van der Waals surface area (Å²) in [6, 6.07) is 11.9. The van der Waals surface area contributed by atoms with Crippen LogP contribution in [0.25, 0.3) is 20.9 Å². The number of nitrogens with zero attached hydrogens (tertiary/aromatic N) is 3. The number of anilines is 1. The number of thiophene rings is 1. The summed E-state index contributed by atoms with van der Waals surface area (Å²) in [4.78, 5) is 23.9. The lowest BCUT2D eigenvalue weighted by atomic mass is 10.1. The van der Waals surface area contributed by atoms with E-state index in [1.54, 1.807) is 11.3 Å². The lowest BCUT2D eigenvalue weighted by Gasteiger charge is -2.24. The minimum absolute atomic E-state index is 0.173. The fourth-order valence-corrected chi connectivity index (χ4v) is 4.82. The van der Waals surface area contributed by atoms with Crippen molar-refractivity contribution in [1.82, 2.24) is 14.5 Å². The summed E-state index contributed by atoms with van der Waals surface area (Å²) < 4.78 is 2.07. The molecule has 4 aromatic rings. The Balaban J connectivity index is 1.72. The van der Waals surface area contributed by atoms with Gasteiger partial charge in [0.1, 0.15) is 9.88 Å². The van der Waals surface area contributed by atoms with E-state index in [0.29, 0.717) is 10.8 Å². The summed E-state index contributed by atoms with van der Waals surface area (Å²) in [5.41, 5.74) is 2.38. The van der Waals surface area contributed by atoms with Crippen molar-refractivity contribution in [2.45, 2.75) is 33.2 Å². The second-order valence-corrected chi connectivity index (χ2v) is 9.24. The van der Waals surface area contributed by atoms with Crippen LogP contribution in [0.2, 0.25) is 0 Å². The third kappa shape index (κ3) is 3.28. The number of carbonyl (C=O) groups is 1. The van der Waals surface area contributed by atoms with Crippen LogP contribution in [-0.4, -0.2) is 20.4 Å². The molecular formula is C20H20N4OS2. The Morgan fingerprint density at radius 2 is 1.89 bits per heavy atom. The van der Waals surface area contributed by atoms with Gasteiger partial charge >= 0.3 is 0 Å². The van der Waals surface area contributed by atoms with Crippen LogP contribution in [0.1, 0.15) is 36.1 Å². The maximum atomic E-state index is 13.0. The highest BCUT2D eigenvalue weighted by Gasteiger charge is 2.24. The van der Waals surface area contributed by atoms with Gasteiger partial charge in [0, 0.05) is 5.54 Å². The SMILES string of the molecule is Cc1nc(-c2cccs2)sc1C(=O)Nc1nc2ccccc2n1C(C)(C)C.